The molecule has 1 aliphatic rings. The van der Waals surface area contributed by atoms with Crippen LogP contribution in [0.1, 0.15) is 95.1 Å². The monoisotopic (exact) mass is 534 g/mol. The van der Waals surface area contributed by atoms with Crippen LogP contribution in [0.15, 0.2) is 60.7 Å². The van der Waals surface area contributed by atoms with E-state index in [0.717, 1.165) is 46.1 Å². The Balaban J connectivity index is 1.77. The van der Waals surface area contributed by atoms with Crippen molar-refractivity contribution in [2.24, 2.45) is 5.92 Å². The Morgan fingerprint density at radius 2 is 1.49 bits per heavy atom. The zero-order chi connectivity index (χ0) is 28.0. The van der Waals surface area contributed by atoms with E-state index < -0.39 is 0 Å². The molecule has 4 nitrogen and oxygen atoms in total. The van der Waals surface area contributed by atoms with Crippen molar-refractivity contribution in [2.75, 3.05) is 26.4 Å². The molecule has 0 atom stereocenters. The SMILES string of the molecule is C=C(CO)CCOc1cc(OCCC(=C)CO)c(CC)c(-c2ccc(C3CCC(CCCCC)CC3)cc2)c1. The van der Waals surface area contributed by atoms with Gasteiger partial charge in [0.15, 0.2) is 0 Å². The van der Waals surface area contributed by atoms with Crippen molar-refractivity contribution in [3.8, 4) is 22.6 Å². The summed E-state index contributed by atoms with van der Waals surface area (Å²) in [4.78, 5) is 0. The van der Waals surface area contributed by atoms with E-state index in [0.29, 0.717) is 32.0 Å². The van der Waals surface area contributed by atoms with E-state index in [9.17, 15) is 10.2 Å². The summed E-state index contributed by atoms with van der Waals surface area (Å²) in [6.07, 6.45) is 12.8. The number of ether oxygens (including phenoxy) is 2. The second-order valence-corrected chi connectivity index (χ2v) is 11.1. The molecule has 3 rings (SSSR count). The van der Waals surface area contributed by atoms with E-state index in [1.165, 1.54) is 62.5 Å². The number of rotatable bonds is 17. The normalized spacial score (nSPS) is 17.1. The van der Waals surface area contributed by atoms with Gasteiger partial charge in [0.2, 0.25) is 0 Å². The highest BCUT2D eigenvalue weighted by atomic mass is 16.5. The Hall–Kier alpha value is -2.56. The molecule has 1 fully saturated rings. The largest absolute Gasteiger partial charge is 0.493 e. The van der Waals surface area contributed by atoms with Crippen LogP contribution in [0, 0.1) is 5.92 Å². The molecule has 0 amide bonds. The molecule has 214 valence electrons. The first-order valence-corrected chi connectivity index (χ1v) is 15.1. The molecule has 0 aliphatic heterocycles. The van der Waals surface area contributed by atoms with Gasteiger partial charge in [-0.3, -0.25) is 0 Å². The average Bonchev–Trinajstić information content (AvgIpc) is 2.97. The number of hydrogen-bond donors (Lipinski definition) is 2. The Morgan fingerprint density at radius 3 is 2.08 bits per heavy atom. The molecule has 2 N–H and O–H groups in total. The van der Waals surface area contributed by atoms with Gasteiger partial charge >= 0.3 is 0 Å². The van der Waals surface area contributed by atoms with E-state index in [1.54, 1.807) is 0 Å². The first-order chi connectivity index (χ1) is 19.0. The van der Waals surface area contributed by atoms with Crippen molar-refractivity contribution >= 4 is 0 Å². The van der Waals surface area contributed by atoms with Crippen molar-refractivity contribution in [2.45, 2.75) is 90.4 Å². The van der Waals surface area contributed by atoms with Crippen LogP contribution in [0.25, 0.3) is 11.1 Å². The van der Waals surface area contributed by atoms with Crippen LogP contribution in [0.2, 0.25) is 0 Å². The first kappa shape index (κ1) is 31.0. The number of unbranched alkanes of at least 4 members (excludes halogenated alkanes) is 2. The summed E-state index contributed by atoms with van der Waals surface area (Å²) >= 11 is 0. The van der Waals surface area contributed by atoms with Crippen LogP contribution in [0.4, 0.5) is 0 Å². The maximum atomic E-state index is 9.31. The fourth-order valence-electron chi connectivity index (χ4n) is 5.63. The lowest BCUT2D eigenvalue weighted by molar-refractivity contribution is 0.283. The summed E-state index contributed by atoms with van der Waals surface area (Å²) in [5.41, 5.74) is 6.41. The van der Waals surface area contributed by atoms with E-state index in [4.69, 9.17) is 9.47 Å². The van der Waals surface area contributed by atoms with Gasteiger partial charge in [-0.1, -0.05) is 77.0 Å². The van der Waals surface area contributed by atoms with E-state index >= 15 is 0 Å². The van der Waals surface area contributed by atoms with E-state index in [1.807, 2.05) is 6.07 Å². The Morgan fingerprint density at radius 1 is 0.846 bits per heavy atom. The van der Waals surface area contributed by atoms with Gasteiger partial charge in [0.1, 0.15) is 11.5 Å². The molecule has 39 heavy (non-hydrogen) atoms. The lowest BCUT2D eigenvalue weighted by Gasteiger charge is -2.29. The zero-order valence-electron chi connectivity index (χ0n) is 24.4. The Bertz CT molecular complexity index is 1030. The number of aliphatic hydroxyl groups excluding tert-OH is 2. The van der Waals surface area contributed by atoms with Crippen LogP contribution >= 0.6 is 0 Å². The van der Waals surface area contributed by atoms with Crippen LogP contribution in [0.5, 0.6) is 11.5 Å². The Labute approximate surface area is 236 Å². The molecule has 0 unspecified atom stereocenters. The second-order valence-electron chi connectivity index (χ2n) is 11.1. The van der Waals surface area contributed by atoms with Crippen molar-refractivity contribution in [3.05, 3.63) is 71.8 Å². The van der Waals surface area contributed by atoms with Crippen molar-refractivity contribution in [3.63, 3.8) is 0 Å². The molecular weight excluding hydrogens is 484 g/mol. The molecular formula is C35H50O4. The lowest BCUT2D eigenvalue weighted by atomic mass is 9.77. The third kappa shape index (κ3) is 9.54. The second kappa shape index (κ2) is 16.5. The third-order valence-electron chi connectivity index (χ3n) is 8.18. The summed E-state index contributed by atoms with van der Waals surface area (Å²) in [5, 5.41) is 18.6. The van der Waals surface area contributed by atoms with Crippen LogP contribution < -0.4 is 9.47 Å². The molecule has 1 saturated carbocycles. The average molecular weight is 535 g/mol. The van der Waals surface area contributed by atoms with Gasteiger partial charge in [0, 0.05) is 24.5 Å². The Kier molecular flexibility index (Phi) is 13.1. The highest BCUT2D eigenvalue weighted by molar-refractivity contribution is 5.72. The molecule has 0 bridgehead atoms. The van der Waals surface area contributed by atoms with Gasteiger partial charge in [-0.15, -0.1) is 0 Å². The highest BCUT2D eigenvalue weighted by Gasteiger charge is 2.22. The van der Waals surface area contributed by atoms with Gasteiger partial charge in [-0.25, -0.2) is 0 Å². The zero-order valence-corrected chi connectivity index (χ0v) is 24.4. The smallest absolute Gasteiger partial charge is 0.126 e. The summed E-state index contributed by atoms with van der Waals surface area (Å²) < 4.78 is 12.3. The maximum absolute atomic E-state index is 9.31. The molecule has 4 heteroatoms. The fourth-order valence-corrected chi connectivity index (χ4v) is 5.63. The third-order valence-corrected chi connectivity index (χ3v) is 8.18. The van der Waals surface area contributed by atoms with Crippen molar-refractivity contribution in [1.29, 1.82) is 0 Å². The van der Waals surface area contributed by atoms with Crippen molar-refractivity contribution < 1.29 is 19.7 Å². The minimum atomic E-state index is -0.0284. The predicted octanol–water partition coefficient (Wildman–Crippen LogP) is 8.40. The standard InChI is InChI=1S/C35H50O4/c1-5-7-8-9-28-10-12-29(13-11-28)30-14-16-31(17-15-30)34-22-32(38-20-18-26(3)24-36)23-35(33(34)6-2)39-21-19-27(4)25-37/h14-17,22-23,28-29,36-37H,3-13,18-21,24-25H2,1-2H3. The van der Waals surface area contributed by atoms with Crippen LogP contribution in [-0.4, -0.2) is 36.6 Å². The minimum absolute atomic E-state index is 0.0278. The molecule has 0 saturated heterocycles. The number of benzene rings is 2. The molecule has 2 aromatic rings. The van der Waals surface area contributed by atoms with E-state index in [2.05, 4.69) is 57.3 Å². The summed E-state index contributed by atoms with van der Waals surface area (Å²) in [6.45, 7) is 13.0. The van der Waals surface area contributed by atoms with Gasteiger partial charge in [-0.05, 0) is 77.8 Å². The summed E-state index contributed by atoms with van der Waals surface area (Å²) in [5.74, 6) is 3.14. The van der Waals surface area contributed by atoms with Gasteiger partial charge in [0.25, 0.3) is 0 Å². The molecule has 2 aromatic carbocycles. The number of aliphatic hydroxyl groups is 2. The lowest BCUT2D eigenvalue weighted by Crippen LogP contribution is -2.13. The maximum Gasteiger partial charge on any atom is 0.126 e. The molecule has 0 spiro atoms. The molecule has 1 aliphatic carbocycles. The molecule has 0 radical (unpaired) electrons. The fraction of sp³-hybridized carbons (Fsp3) is 0.543. The molecule has 0 aromatic heterocycles. The van der Waals surface area contributed by atoms with Gasteiger partial charge in [0.05, 0.1) is 26.4 Å². The van der Waals surface area contributed by atoms with Gasteiger partial charge in [-0.2, -0.15) is 0 Å². The minimum Gasteiger partial charge on any atom is -0.493 e. The topological polar surface area (TPSA) is 58.9 Å². The summed E-state index contributed by atoms with van der Waals surface area (Å²) in [6, 6.07) is 13.2. The van der Waals surface area contributed by atoms with E-state index in [-0.39, 0.29) is 13.2 Å². The molecule has 0 heterocycles. The quantitative estimate of drug-likeness (QED) is 0.158. The van der Waals surface area contributed by atoms with Gasteiger partial charge < -0.3 is 19.7 Å². The summed E-state index contributed by atoms with van der Waals surface area (Å²) in [7, 11) is 0. The predicted molar refractivity (Wildman–Crippen MR) is 163 cm³/mol. The number of hydrogen-bond acceptors (Lipinski definition) is 4. The first-order valence-electron chi connectivity index (χ1n) is 15.1. The van der Waals surface area contributed by atoms with Crippen LogP contribution in [0.3, 0.4) is 0 Å². The van der Waals surface area contributed by atoms with Crippen LogP contribution in [-0.2, 0) is 6.42 Å². The van der Waals surface area contributed by atoms with Crippen molar-refractivity contribution in [1.82, 2.24) is 0 Å². The highest BCUT2D eigenvalue weighted by Crippen LogP contribution is 2.40.